The highest BCUT2D eigenvalue weighted by atomic mass is 15.2. The number of hydrogen-bond donors (Lipinski definition) is 2. The first kappa shape index (κ1) is 6.61. The molecule has 0 aliphatic carbocycles. The maximum absolute atomic E-state index is 8.70. The Bertz CT molecular complexity index is 464. The molecule has 0 spiro atoms. The molecule has 5 nitrogen and oxygen atoms in total. The highest BCUT2D eigenvalue weighted by molar-refractivity contribution is 5.90. The molecule has 0 saturated carbocycles. The number of hydrogen-bond acceptors (Lipinski definition) is 4. The smallest absolute Gasteiger partial charge is 0.184 e. The lowest BCUT2D eigenvalue weighted by Crippen LogP contribution is -1.86. The number of anilines is 1. The van der Waals surface area contributed by atoms with Gasteiger partial charge < -0.3 is 5.73 Å². The lowest BCUT2D eigenvalue weighted by Gasteiger charge is -1.90. The molecule has 58 valence electrons. The van der Waals surface area contributed by atoms with Crippen LogP contribution in [0.1, 0.15) is 5.56 Å². The Morgan fingerprint density at radius 3 is 3.17 bits per heavy atom. The molecule has 0 radical (unpaired) electrons. The van der Waals surface area contributed by atoms with Crippen LogP contribution in [0.3, 0.4) is 0 Å². The van der Waals surface area contributed by atoms with E-state index in [2.05, 4.69) is 15.2 Å². The van der Waals surface area contributed by atoms with Crippen LogP contribution in [0.15, 0.2) is 12.3 Å². The van der Waals surface area contributed by atoms with Gasteiger partial charge in [-0.1, -0.05) is 0 Å². The predicted octanol–water partition coefficient (Wildman–Crippen LogP) is 0.412. The van der Waals surface area contributed by atoms with Gasteiger partial charge in [-0.15, -0.1) is 0 Å². The van der Waals surface area contributed by atoms with Crippen LogP contribution in [0.2, 0.25) is 0 Å². The molecule has 0 amide bonds. The molecule has 0 aliphatic heterocycles. The van der Waals surface area contributed by atoms with Crippen LogP contribution in [0, 0.1) is 11.3 Å². The fourth-order valence-corrected chi connectivity index (χ4v) is 1.06. The Morgan fingerprint density at radius 1 is 1.58 bits per heavy atom. The highest BCUT2D eigenvalue weighted by Gasteiger charge is 2.06. The van der Waals surface area contributed by atoms with Crippen LogP contribution >= 0.6 is 0 Å². The summed E-state index contributed by atoms with van der Waals surface area (Å²) >= 11 is 0. The average Bonchev–Trinajstić information content (AvgIpc) is 2.48. The predicted molar refractivity (Wildman–Crippen MR) is 43.0 cm³/mol. The molecule has 0 fully saturated rings. The minimum absolute atomic E-state index is 0.384. The zero-order valence-electron chi connectivity index (χ0n) is 6.07. The number of aromatic amines is 1. The first-order valence-corrected chi connectivity index (χ1v) is 3.31. The van der Waals surface area contributed by atoms with Crippen LogP contribution in [-0.2, 0) is 0 Å². The van der Waals surface area contributed by atoms with E-state index in [4.69, 9.17) is 11.0 Å². The van der Waals surface area contributed by atoms with Crippen molar-refractivity contribution in [3.05, 3.63) is 17.8 Å². The van der Waals surface area contributed by atoms with Crippen LogP contribution in [0.5, 0.6) is 0 Å². The van der Waals surface area contributed by atoms with Crippen molar-refractivity contribution in [2.45, 2.75) is 0 Å². The fourth-order valence-electron chi connectivity index (χ4n) is 1.06. The number of rotatable bonds is 0. The van der Waals surface area contributed by atoms with Gasteiger partial charge in [0.25, 0.3) is 0 Å². The number of pyridine rings is 1. The van der Waals surface area contributed by atoms with Crippen LogP contribution in [0.25, 0.3) is 11.0 Å². The van der Waals surface area contributed by atoms with E-state index in [-0.39, 0.29) is 0 Å². The second-order valence-corrected chi connectivity index (χ2v) is 2.31. The molecule has 0 aromatic carbocycles. The Hall–Kier alpha value is -2.09. The standard InChI is InChI=1S/C7H5N5/c8-3-4-1-2-10-7-5(4)6(9)11-12-7/h1-2H,(H3,9,10,11,12). The normalized spacial score (nSPS) is 9.92. The molecule has 2 aromatic rings. The van der Waals surface area contributed by atoms with Crippen molar-refractivity contribution in [3.8, 4) is 6.07 Å². The summed E-state index contributed by atoms with van der Waals surface area (Å²) < 4.78 is 0. The van der Waals surface area contributed by atoms with E-state index in [1.165, 1.54) is 6.20 Å². The van der Waals surface area contributed by atoms with E-state index in [9.17, 15) is 0 Å². The number of nitrogens with two attached hydrogens (primary N) is 1. The molecule has 2 aromatic heterocycles. The van der Waals surface area contributed by atoms with Crippen LogP contribution in [-0.4, -0.2) is 15.2 Å². The lowest BCUT2D eigenvalue weighted by molar-refractivity contribution is 1.10. The zero-order chi connectivity index (χ0) is 8.55. The minimum Gasteiger partial charge on any atom is -0.383 e. The summed E-state index contributed by atoms with van der Waals surface area (Å²) in [6.07, 6.45) is 1.53. The van der Waals surface area contributed by atoms with Gasteiger partial charge in [-0.05, 0) is 6.07 Å². The SMILES string of the molecule is N#Cc1ccnc2n[nH]c(N)c12. The molecule has 12 heavy (non-hydrogen) atoms. The molecule has 0 aliphatic rings. The Morgan fingerprint density at radius 2 is 2.42 bits per heavy atom. The van der Waals surface area contributed by atoms with Crippen LogP contribution in [0.4, 0.5) is 5.82 Å². The summed E-state index contributed by atoms with van der Waals surface area (Å²) in [4.78, 5) is 3.94. The largest absolute Gasteiger partial charge is 0.383 e. The monoisotopic (exact) mass is 159 g/mol. The summed E-state index contributed by atoms with van der Waals surface area (Å²) in [5, 5.41) is 15.7. The van der Waals surface area contributed by atoms with Crippen LogP contribution < -0.4 is 5.73 Å². The minimum atomic E-state index is 0.384. The summed E-state index contributed by atoms with van der Waals surface area (Å²) in [6.45, 7) is 0. The third-order valence-corrected chi connectivity index (χ3v) is 1.60. The van der Waals surface area contributed by atoms with E-state index in [0.29, 0.717) is 22.4 Å². The molecule has 3 N–H and O–H groups in total. The van der Waals surface area contributed by atoms with Gasteiger partial charge in [0.2, 0.25) is 0 Å². The van der Waals surface area contributed by atoms with Crippen molar-refractivity contribution in [2.24, 2.45) is 0 Å². The van der Waals surface area contributed by atoms with E-state index in [1.807, 2.05) is 6.07 Å². The lowest BCUT2D eigenvalue weighted by atomic mass is 10.2. The Labute approximate surface area is 67.8 Å². The molecule has 0 saturated heterocycles. The van der Waals surface area contributed by atoms with Gasteiger partial charge in [-0.3, -0.25) is 5.10 Å². The van der Waals surface area contributed by atoms with E-state index in [0.717, 1.165) is 0 Å². The maximum Gasteiger partial charge on any atom is 0.184 e. The molecule has 0 bridgehead atoms. The quantitative estimate of drug-likeness (QED) is 0.582. The number of nitrogen functional groups attached to an aromatic ring is 1. The van der Waals surface area contributed by atoms with Gasteiger partial charge in [0.15, 0.2) is 5.65 Å². The fraction of sp³-hybridized carbons (Fsp3) is 0. The number of nitrogens with zero attached hydrogens (tertiary/aromatic N) is 3. The van der Waals surface area contributed by atoms with Gasteiger partial charge in [0.1, 0.15) is 11.9 Å². The third-order valence-electron chi connectivity index (χ3n) is 1.60. The van der Waals surface area contributed by atoms with Gasteiger partial charge >= 0.3 is 0 Å². The topological polar surface area (TPSA) is 91.4 Å². The summed E-state index contributed by atoms with van der Waals surface area (Å²) in [6, 6.07) is 3.62. The van der Waals surface area contributed by atoms with Gasteiger partial charge in [-0.25, -0.2) is 4.98 Å². The molecular formula is C7H5N5. The van der Waals surface area contributed by atoms with Gasteiger partial charge in [0.05, 0.1) is 10.9 Å². The summed E-state index contributed by atoms with van der Waals surface area (Å²) in [7, 11) is 0. The number of nitrogens with one attached hydrogen (secondary N) is 1. The second kappa shape index (κ2) is 2.20. The van der Waals surface area contributed by atoms with E-state index in [1.54, 1.807) is 6.07 Å². The second-order valence-electron chi connectivity index (χ2n) is 2.31. The number of fused-ring (bicyclic) bond motifs is 1. The van der Waals surface area contributed by atoms with Crippen molar-refractivity contribution >= 4 is 16.9 Å². The van der Waals surface area contributed by atoms with Crippen molar-refractivity contribution in [3.63, 3.8) is 0 Å². The van der Waals surface area contributed by atoms with E-state index < -0.39 is 0 Å². The first-order chi connectivity index (χ1) is 5.83. The molecule has 0 atom stereocenters. The van der Waals surface area contributed by atoms with Crippen molar-refractivity contribution in [1.82, 2.24) is 15.2 Å². The van der Waals surface area contributed by atoms with Gasteiger partial charge in [0, 0.05) is 6.20 Å². The highest BCUT2D eigenvalue weighted by Crippen LogP contribution is 2.18. The molecule has 5 heteroatoms. The van der Waals surface area contributed by atoms with Crippen molar-refractivity contribution in [1.29, 1.82) is 5.26 Å². The Kier molecular flexibility index (Phi) is 1.21. The average molecular weight is 159 g/mol. The number of aromatic nitrogens is 3. The molecular weight excluding hydrogens is 154 g/mol. The van der Waals surface area contributed by atoms with Crippen molar-refractivity contribution < 1.29 is 0 Å². The molecule has 0 unspecified atom stereocenters. The maximum atomic E-state index is 8.70. The summed E-state index contributed by atoms with van der Waals surface area (Å²) in [5.41, 5.74) is 6.51. The van der Waals surface area contributed by atoms with E-state index >= 15 is 0 Å². The Balaban J connectivity index is 2.96. The van der Waals surface area contributed by atoms with Crippen molar-refractivity contribution in [2.75, 3.05) is 5.73 Å². The number of H-pyrrole nitrogens is 1. The summed E-state index contributed by atoms with van der Waals surface area (Å²) in [5.74, 6) is 0.384. The zero-order valence-corrected chi connectivity index (χ0v) is 6.07. The van der Waals surface area contributed by atoms with Gasteiger partial charge in [-0.2, -0.15) is 10.4 Å². The molecule has 2 rings (SSSR count). The number of nitriles is 1. The third kappa shape index (κ3) is 0.720. The molecule has 2 heterocycles. The first-order valence-electron chi connectivity index (χ1n) is 3.31.